The minimum atomic E-state index is -0.757. The number of carbonyl (C=O) groups is 2. The van der Waals surface area contributed by atoms with E-state index in [1.807, 2.05) is 0 Å². The van der Waals surface area contributed by atoms with E-state index in [2.05, 4.69) is 0 Å². The van der Waals surface area contributed by atoms with Crippen molar-refractivity contribution in [2.45, 2.75) is 36.2 Å². The van der Waals surface area contributed by atoms with Gasteiger partial charge in [-0.15, -0.1) is 23.5 Å². The Kier molecular flexibility index (Phi) is 6.05. The largest absolute Gasteiger partial charge is 0.481 e. The number of hydrogen-bond donors (Lipinski definition) is 2. The Labute approximate surface area is 103 Å². The van der Waals surface area contributed by atoms with Crippen molar-refractivity contribution in [1.82, 2.24) is 0 Å². The molecule has 2 N–H and O–H groups in total. The van der Waals surface area contributed by atoms with Gasteiger partial charge in [-0.1, -0.05) is 0 Å². The number of rotatable bonds is 6. The maximum atomic E-state index is 10.4. The first kappa shape index (κ1) is 13.7. The summed E-state index contributed by atoms with van der Waals surface area (Å²) in [5.41, 5.74) is 0. The lowest BCUT2D eigenvalue weighted by Crippen LogP contribution is -2.20. The highest BCUT2D eigenvalue weighted by molar-refractivity contribution is 8.01. The molecule has 0 aromatic rings. The zero-order chi connectivity index (χ0) is 12.0. The summed E-state index contributed by atoms with van der Waals surface area (Å²) in [5, 5.41) is 18.0. The van der Waals surface area contributed by atoms with E-state index in [0.717, 1.165) is 25.7 Å². The van der Waals surface area contributed by atoms with Crippen LogP contribution in [0.3, 0.4) is 0 Å². The fourth-order valence-corrected chi connectivity index (χ4v) is 3.71. The standard InChI is InChI=1S/C10H16O4S2/c11-9(12)5-15-7-1-2-8(4-3-7)16-6-10(13)14/h7-8H,1-6H2,(H,11,12)(H,13,14). The molecule has 92 valence electrons. The SMILES string of the molecule is O=C(O)CSC1CCC(SCC(=O)O)CC1. The Morgan fingerprint density at radius 1 is 0.875 bits per heavy atom. The molecule has 1 aliphatic carbocycles. The second kappa shape index (κ2) is 7.06. The van der Waals surface area contributed by atoms with Crippen molar-refractivity contribution < 1.29 is 19.8 Å². The first-order chi connectivity index (χ1) is 7.58. The third kappa shape index (κ3) is 5.65. The van der Waals surface area contributed by atoms with Crippen LogP contribution in [0.1, 0.15) is 25.7 Å². The molecule has 0 aliphatic heterocycles. The van der Waals surface area contributed by atoms with Gasteiger partial charge in [0.2, 0.25) is 0 Å². The molecule has 4 nitrogen and oxygen atoms in total. The van der Waals surface area contributed by atoms with Gasteiger partial charge in [0.1, 0.15) is 0 Å². The fraction of sp³-hybridized carbons (Fsp3) is 0.800. The summed E-state index contributed by atoms with van der Waals surface area (Å²) in [7, 11) is 0. The van der Waals surface area contributed by atoms with Crippen LogP contribution in [-0.4, -0.2) is 44.2 Å². The topological polar surface area (TPSA) is 74.6 Å². The summed E-state index contributed by atoms with van der Waals surface area (Å²) in [6.45, 7) is 0. The van der Waals surface area contributed by atoms with Gasteiger partial charge in [0.25, 0.3) is 0 Å². The molecule has 0 amide bonds. The number of carboxylic acids is 2. The molecule has 0 aromatic heterocycles. The Morgan fingerprint density at radius 2 is 1.19 bits per heavy atom. The molecule has 0 atom stereocenters. The second-order valence-electron chi connectivity index (χ2n) is 3.81. The lowest BCUT2D eigenvalue weighted by atomic mass is 10.00. The number of carboxylic acid groups (broad SMARTS) is 2. The highest BCUT2D eigenvalue weighted by Gasteiger charge is 2.22. The highest BCUT2D eigenvalue weighted by Crippen LogP contribution is 2.33. The number of aliphatic carboxylic acids is 2. The van der Waals surface area contributed by atoms with E-state index in [9.17, 15) is 9.59 Å². The minimum absolute atomic E-state index is 0.178. The van der Waals surface area contributed by atoms with E-state index in [0.29, 0.717) is 10.5 Å². The zero-order valence-corrected chi connectivity index (χ0v) is 10.6. The average molecular weight is 264 g/mol. The van der Waals surface area contributed by atoms with Crippen molar-refractivity contribution in [3.05, 3.63) is 0 Å². The molecule has 0 unspecified atom stereocenters. The molecule has 16 heavy (non-hydrogen) atoms. The molecule has 1 rings (SSSR count). The first-order valence-corrected chi connectivity index (χ1v) is 7.34. The van der Waals surface area contributed by atoms with Crippen LogP contribution >= 0.6 is 23.5 Å². The molecule has 1 saturated carbocycles. The quantitative estimate of drug-likeness (QED) is 0.763. The van der Waals surface area contributed by atoms with Crippen molar-refractivity contribution in [2.75, 3.05) is 11.5 Å². The van der Waals surface area contributed by atoms with Gasteiger partial charge in [-0.25, -0.2) is 0 Å². The van der Waals surface area contributed by atoms with Gasteiger partial charge in [0, 0.05) is 10.5 Å². The van der Waals surface area contributed by atoms with Crippen LogP contribution in [0.25, 0.3) is 0 Å². The van der Waals surface area contributed by atoms with Crippen LogP contribution in [0, 0.1) is 0 Å². The van der Waals surface area contributed by atoms with Gasteiger partial charge in [-0.2, -0.15) is 0 Å². The summed E-state index contributed by atoms with van der Waals surface area (Å²) in [5.74, 6) is -1.16. The van der Waals surface area contributed by atoms with Crippen LogP contribution in [-0.2, 0) is 9.59 Å². The van der Waals surface area contributed by atoms with Crippen molar-refractivity contribution in [3.8, 4) is 0 Å². The van der Waals surface area contributed by atoms with E-state index >= 15 is 0 Å². The molecular formula is C10H16O4S2. The smallest absolute Gasteiger partial charge is 0.313 e. The van der Waals surface area contributed by atoms with Crippen LogP contribution < -0.4 is 0 Å². The Morgan fingerprint density at radius 3 is 1.44 bits per heavy atom. The van der Waals surface area contributed by atoms with E-state index in [1.165, 1.54) is 23.5 Å². The Hall–Kier alpha value is -0.360. The molecule has 0 spiro atoms. The number of hydrogen-bond acceptors (Lipinski definition) is 4. The summed E-state index contributed by atoms with van der Waals surface area (Å²) >= 11 is 3.01. The van der Waals surface area contributed by atoms with Crippen molar-refractivity contribution in [1.29, 1.82) is 0 Å². The van der Waals surface area contributed by atoms with Crippen LogP contribution in [0.2, 0.25) is 0 Å². The number of thioether (sulfide) groups is 2. The summed E-state index contributed by atoms with van der Waals surface area (Å²) in [4.78, 5) is 20.8. The molecule has 1 aliphatic rings. The Bertz CT molecular complexity index is 223. The van der Waals surface area contributed by atoms with Gasteiger partial charge in [-0.3, -0.25) is 9.59 Å². The van der Waals surface area contributed by atoms with Gasteiger partial charge < -0.3 is 10.2 Å². The van der Waals surface area contributed by atoms with E-state index in [1.54, 1.807) is 0 Å². The molecule has 0 aromatic carbocycles. The zero-order valence-electron chi connectivity index (χ0n) is 8.92. The molecule has 0 bridgehead atoms. The fourth-order valence-electron chi connectivity index (χ4n) is 1.74. The monoisotopic (exact) mass is 264 g/mol. The predicted octanol–water partition coefficient (Wildman–Crippen LogP) is 1.93. The third-order valence-corrected chi connectivity index (χ3v) is 5.22. The van der Waals surface area contributed by atoms with E-state index in [4.69, 9.17) is 10.2 Å². The third-order valence-electron chi connectivity index (χ3n) is 2.51. The van der Waals surface area contributed by atoms with Crippen LogP contribution in [0.5, 0.6) is 0 Å². The highest BCUT2D eigenvalue weighted by atomic mass is 32.2. The Balaban J connectivity index is 2.13. The van der Waals surface area contributed by atoms with Gasteiger partial charge >= 0.3 is 11.9 Å². The normalized spacial score (nSPS) is 25.2. The predicted molar refractivity (Wildman–Crippen MR) is 66.2 cm³/mol. The van der Waals surface area contributed by atoms with E-state index in [-0.39, 0.29) is 11.5 Å². The molecule has 1 fully saturated rings. The molecule has 6 heteroatoms. The lowest BCUT2D eigenvalue weighted by molar-refractivity contribution is -0.135. The summed E-state index contributed by atoms with van der Waals surface area (Å²) in [6.07, 6.45) is 4.04. The maximum absolute atomic E-state index is 10.4. The van der Waals surface area contributed by atoms with Gasteiger partial charge in [-0.05, 0) is 25.7 Å². The molecule has 0 heterocycles. The average Bonchev–Trinajstić information content (AvgIpc) is 2.25. The molecular weight excluding hydrogens is 248 g/mol. The first-order valence-electron chi connectivity index (χ1n) is 5.24. The van der Waals surface area contributed by atoms with Gasteiger partial charge in [0.15, 0.2) is 0 Å². The maximum Gasteiger partial charge on any atom is 0.313 e. The summed E-state index contributed by atoms with van der Waals surface area (Å²) in [6, 6.07) is 0. The van der Waals surface area contributed by atoms with Gasteiger partial charge in [0.05, 0.1) is 11.5 Å². The van der Waals surface area contributed by atoms with Crippen molar-refractivity contribution >= 4 is 35.5 Å². The van der Waals surface area contributed by atoms with Crippen molar-refractivity contribution in [2.24, 2.45) is 0 Å². The minimum Gasteiger partial charge on any atom is -0.481 e. The van der Waals surface area contributed by atoms with E-state index < -0.39 is 11.9 Å². The summed E-state index contributed by atoms with van der Waals surface area (Å²) < 4.78 is 0. The second-order valence-corrected chi connectivity index (χ2v) is 6.39. The van der Waals surface area contributed by atoms with Crippen LogP contribution in [0.4, 0.5) is 0 Å². The van der Waals surface area contributed by atoms with Crippen LogP contribution in [0.15, 0.2) is 0 Å². The molecule has 0 radical (unpaired) electrons. The molecule has 0 saturated heterocycles. The van der Waals surface area contributed by atoms with Crippen molar-refractivity contribution in [3.63, 3.8) is 0 Å². The lowest BCUT2D eigenvalue weighted by Gasteiger charge is -2.26.